The minimum atomic E-state index is -0.491. The first kappa shape index (κ1) is 21.7. The van der Waals surface area contributed by atoms with Gasteiger partial charge in [-0.05, 0) is 54.2 Å². The van der Waals surface area contributed by atoms with Crippen LogP contribution in [0.25, 0.3) is 17.4 Å². The minimum Gasteiger partial charge on any atom is -0.492 e. The largest absolute Gasteiger partial charge is 0.492 e. The SMILES string of the molecule is O=C1S/C(=C\c2ccc(-c3ccccc3[N+](=O)[O-])o2)C(=O)N1CCOc1ccc(Cl)cc1. The van der Waals surface area contributed by atoms with Gasteiger partial charge in [0.25, 0.3) is 16.8 Å². The zero-order valence-electron chi connectivity index (χ0n) is 16.4. The highest BCUT2D eigenvalue weighted by molar-refractivity contribution is 8.18. The number of carbonyl (C=O) groups is 2. The van der Waals surface area contributed by atoms with Gasteiger partial charge in [-0.3, -0.25) is 24.6 Å². The second-order valence-electron chi connectivity index (χ2n) is 6.61. The molecule has 1 aliphatic rings. The normalized spacial score (nSPS) is 14.9. The lowest BCUT2D eigenvalue weighted by atomic mass is 10.1. The average Bonchev–Trinajstić information content (AvgIpc) is 3.35. The van der Waals surface area contributed by atoms with Gasteiger partial charge in [-0.2, -0.15) is 0 Å². The molecule has 3 aromatic rings. The summed E-state index contributed by atoms with van der Waals surface area (Å²) in [6.45, 7) is 0.222. The summed E-state index contributed by atoms with van der Waals surface area (Å²) in [5.74, 6) is 0.721. The van der Waals surface area contributed by atoms with Gasteiger partial charge in [0, 0.05) is 17.2 Å². The Labute approximate surface area is 191 Å². The van der Waals surface area contributed by atoms with Crippen LogP contribution in [0.5, 0.6) is 5.75 Å². The molecule has 2 amide bonds. The van der Waals surface area contributed by atoms with Crippen molar-refractivity contribution in [2.45, 2.75) is 0 Å². The molecule has 162 valence electrons. The Bertz CT molecular complexity index is 1220. The van der Waals surface area contributed by atoms with E-state index in [1.165, 1.54) is 12.1 Å². The minimum absolute atomic E-state index is 0.0875. The molecule has 1 aliphatic heterocycles. The molecule has 2 aromatic carbocycles. The van der Waals surface area contributed by atoms with E-state index >= 15 is 0 Å². The number of carbonyl (C=O) groups excluding carboxylic acids is 2. The summed E-state index contributed by atoms with van der Waals surface area (Å²) >= 11 is 6.62. The smallest absolute Gasteiger partial charge is 0.293 e. The maximum absolute atomic E-state index is 12.6. The summed E-state index contributed by atoms with van der Waals surface area (Å²) in [7, 11) is 0. The number of benzene rings is 2. The molecule has 0 unspecified atom stereocenters. The molecule has 1 aromatic heterocycles. The van der Waals surface area contributed by atoms with Crippen LogP contribution < -0.4 is 4.74 Å². The highest BCUT2D eigenvalue weighted by atomic mass is 35.5. The van der Waals surface area contributed by atoms with E-state index in [9.17, 15) is 19.7 Å². The predicted molar refractivity (Wildman–Crippen MR) is 120 cm³/mol. The number of rotatable bonds is 7. The van der Waals surface area contributed by atoms with Crippen molar-refractivity contribution in [1.82, 2.24) is 4.90 Å². The van der Waals surface area contributed by atoms with E-state index in [4.69, 9.17) is 20.8 Å². The molecule has 0 bridgehead atoms. The predicted octanol–water partition coefficient (Wildman–Crippen LogP) is 5.62. The molecule has 8 nitrogen and oxygen atoms in total. The van der Waals surface area contributed by atoms with Crippen LogP contribution in [0.1, 0.15) is 5.76 Å². The standard InChI is InChI=1S/C22H15ClN2O6S/c23-14-5-7-15(8-6-14)30-12-11-24-21(26)20(32-22(24)27)13-16-9-10-19(31-16)17-3-1-2-4-18(17)25(28)29/h1-10,13H,11-12H2/b20-13-. The Hall–Kier alpha value is -3.56. The Kier molecular flexibility index (Phi) is 6.29. The van der Waals surface area contributed by atoms with Crippen molar-refractivity contribution < 1.29 is 23.7 Å². The average molecular weight is 471 g/mol. The number of ether oxygens (including phenoxy) is 1. The lowest BCUT2D eigenvalue weighted by Crippen LogP contribution is -2.32. The van der Waals surface area contributed by atoms with Crippen LogP contribution in [-0.2, 0) is 4.79 Å². The number of hydrogen-bond acceptors (Lipinski definition) is 7. The summed E-state index contributed by atoms with van der Waals surface area (Å²) < 4.78 is 11.2. The first-order valence-electron chi connectivity index (χ1n) is 9.40. The van der Waals surface area contributed by atoms with Crippen LogP contribution in [0.2, 0.25) is 5.02 Å². The second-order valence-corrected chi connectivity index (χ2v) is 8.04. The maximum atomic E-state index is 12.6. The quantitative estimate of drug-likeness (QED) is 0.250. The third-order valence-electron chi connectivity index (χ3n) is 4.54. The van der Waals surface area contributed by atoms with Crippen molar-refractivity contribution in [3.63, 3.8) is 0 Å². The maximum Gasteiger partial charge on any atom is 0.293 e. The first-order chi connectivity index (χ1) is 15.4. The summed E-state index contributed by atoms with van der Waals surface area (Å²) in [5.41, 5.74) is 0.235. The molecule has 32 heavy (non-hydrogen) atoms. The van der Waals surface area contributed by atoms with Crippen molar-refractivity contribution >= 4 is 46.3 Å². The Morgan fingerprint density at radius 3 is 2.59 bits per heavy atom. The number of nitrogens with zero attached hydrogens (tertiary/aromatic N) is 2. The molecule has 1 saturated heterocycles. The molecule has 4 rings (SSSR count). The number of para-hydroxylation sites is 1. The first-order valence-corrected chi connectivity index (χ1v) is 10.6. The van der Waals surface area contributed by atoms with E-state index in [0.29, 0.717) is 27.9 Å². The van der Waals surface area contributed by atoms with E-state index in [1.807, 2.05) is 0 Å². The van der Waals surface area contributed by atoms with Gasteiger partial charge in [0.2, 0.25) is 0 Å². The van der Waals surface area contributed by atoms with Crippen molar-refractivity contribution in [2.75, 3.05) is 13.2 Å². The van der Waals surface area contributed by atoms with Gasteiger partial charge >= 0.3 is 0 Å². The zero-order chi connectivity index (χ0) is 22.7. The van der Waals surface area contributed by atoms with Gasteiger partial charge in [-0.15, -0.1) is 0 Å². The molecular formula is C22H15ClN2O6S. The van der Waals surface area contributed by atoms with Crippen LogP contribution in [-0.4, -0.2) is 34.1 Å². The van der Waals surface area contributed by atoms with E-state index in [1.54, 1.807) is 54.6 Å². The fourth-order valence-electron chi connectivity index (χ4n) is 3.02. The van der Waals surface area contributed by atoms with Crippen molar-refractivity contribution in [1.29, 1.82) is 0 Å². The third kappa shape index (κ3) is 4.68. The molecule has 0 saturated carbocycles. The van der Waals surface area contributed by atoms with Crippen molar-refractivity contribution in [3.05, 3.63) is 86.5 Å². The molecule has 0 N–H and O–H groups in total. The molecular weight excluding hydrogens is 456 g/mol. The Balaban J connectivity index is 1.44. The summed E-state index contributed by atoms with van der Waals surface area (Å²) in [4.78, 5) is 36.9. The Morgan fingerprint density at radius 2 is 1.84 bits per heavy atom. The van der Waals surface area contributed by atoms with Crippen molar-refractivity contribution in [3.8, 4) is 17.1 Å². The molecule has 10 heteroatoms. The number of halogens is 1. The van der Waals surface area contributed by atoms with Crippen LogP contribution in [0.15, 0.2) is 70.0 Å². The van der Waals surface area contributed by atoms with Crippen LogP contribution in [0.3, 0.4) is 0 Å². The number of amides is 2. The second kappa shape index (κ2) is 9.29. The lowest BCUT2D eigenvalue weighted by Gasteiger charge is -2.13. The van der Waals surface area contributed by atoms with E-state index in [-0.39, 0.29) is 23.7 Å². The molecule has 0 spiro atoms. The zero-order valence-corrected chi connectivity index (χ0v) is 18.0. The van der Waals surface area contributed by atoms with Gasteiger partial charge in [0.15, 0.2) is 0 Å². The monoisotopic (exact) mass is 470 g/mol. The van der Waals surface area contributed by atoms with Gasteiger partial charge in [0.05, 0.1) is 21.9 Å². The van der Waals surface area contributed by atoms with Gasteiger partial charge in [0.1, 0.15) is 23.9 Å². The van der Waals surface area contributed by atoms with Gasteiger partial charge in [-0.25, -0.2) is 0 Å². The molecule has 0 aliphatic carbocycles. The van der Waals surface area contributed by atoms with E-state index < -0.39 is 16.1 Å². The molecule has 2 heterocycles. The fourth-order valence-corrected chi connectivity index (χ4v) is 4.00. The summed E-state index contributed by atoms with van der Waals surface area (Å²) in [6.07, 6.45) is 1.45. The third-order valence-corrected chi connectivity index (χ3v) is 5.70. The summed E-state index contributed by atoms with van der Waals surface area (Å²) in [5, 5.41) is 11.4. The lowest BCUT2D eigenvalue weighted by molar-refractivity contribution is -0.384. The fraction of sp³-hybridized carbons (Fsp3) is 0.0909. The number of thioether (sulfide) groups is 1. The summed E-state index contributed by atoms with van der Waals surface area (Å²) in [6, 6.07) is 16.1. The number of nitro groups is 1. The highest BCUT2D eigenvalue weighted by Gasteiger charge is 2.35. The van der Waals surface area contributed by atoms with Crippen LogP contribution in [0.4, 0.5) is 10.5 Å². The topological polar surface area (TPSA) is 103 Å². The number of hydrogen-bond donors (Lipinski definition) is 0. The Morgan fingerprint density at radius 1 is 1.09 bits per heavy atom. The van der Waals surface area contributed by atoms with Crippen LogP contribution in [0, 0.1) is 10.1 Å². The molecule has 0 atom stereocenters. The van der Waals surface area contributed by atoms with Gasteiger partial charge < -0.3 is 9.15 Å². The number of furan rings is 1. The number of nitro benzene ring substituents is 1. The molecule has 1 fully saturated rings. The number of imide groups is 1. The van der Waals surface area contributed by atoms with Crippen LogP contribution >= 0.6 is 23.4 Å². The van der Waals surface area contributed by atoms with Crippen molar-refractivity contribution in [2.24, 2.45) is 0 Å². The van der Waals surface area contributed by atoms with E-state index in [2.05, 4.69) is 0 Å². The van der Waals surface area contributed by atoms with E-state index in [0.717, 1.165) is 16.7 Å². The highest BCUT2D eigenvalue weighted by Crippen LogP contribution is 2.35. The van der Waals surface area contributed by atoms with Gasteiger partial charge in [-0.1, -0.05) is 23.7 Å². The molecule has 0 radical (unpaired) electrons.